The van der Waals surface area contributed by atoms with Crippen LogP contribution < -0.4 is 27.8 Å². The first-order valence-corrected chi connectivity index (χ1v) is 18.9. The van der Waals surface area contributed by atoms with Crippen molar-refractivity contribution in [2.24, 2.45) is 5.92 Å². The second-order valence-corrected chi connectivity index (χ2v) is 15.0. The van der Waals surface area contributed by atoms with Crippen LogP contribution in [0.3, 0.4) is 0 Å². The zero-order valence-electron chi connectivity index (χ0n) is 28.0. The smallest absolute Gasteiger partial charge is 0.469 e. The molecule has 0 saturated carbocycles. The molecule has 0 aliphatic carbocycles. The topological polar surface area (TPSA) is 387 Å². The highest BCUT2D eigenvalue weighted by Gasteiger charge is 2.51. The number of aliphatic hydroxyl groups excluding tert-OH is 1. The van der Waals surface area contributed by atoms with Gasteiger partial charge >= 0.3 is 33.2 Å². The van der Waals surface area contributed by atoms with Crippen LogP contribution in [0.2, 0.25) is 0 Å². The minimum atomic E-state index is -5.13. The Morgan fingerprint density at radius 1 is 1.07 bits per heavy atom. The third-order valence-corrected chi connectivity index (χ3v) is 10.3. The lowest BCUT2D eigenvalue weighted by Gasteiger charge is -2.29. The quantitative estimate of drug-likeness (QED) is 0.0376. The number of carboxylic acids is 2. The van der Waals surface area contributed by atoms with Crippen LogP contribution >= 0.6 is 15.6 Å². The van der Waals surface area contributed by atoms with Gasteiger partial charge in [0.25, 0.3) is 5.56 Å². The largest absolute Gasteiger partial charge is 0.481 e. The van der Waals surface area contributed by atoms with E-state index in [-0.39, 0.29) is 42.3 Å². The molecular weight excluding hydrogens is 772 g/mol. The average Bonchev–Trinajstić information content (AvgIpc) is 3.76. The van der Waals surface area contributed by atoms with Gasteiger partial charge in [0.2, 0.25) is 5.95 Å². The molecule has 2 saturated heterocycles. The minimum Gasteiger partial charge on any atom is -0.481 e. The summed E-state index contributed by atoms with van der Waals surface area (Å²) in [6.07, 6.45) is -7.62. The highest BCUT2D eigenvalue weighted by molar-refractivity contribution is 7.51. The van der Waals surface area contributed by atoms with Crippen LogP contribution in [-0.2, 0) is 46.5 Å². The van der Waals surface area contributed by atoms with Crippen LogP contribution in [0.5, 0.6) is 0 Å². The SMILES string of the molecule is CO[C@@H]1[C@H](OP(=O)(NCCCC(C(=O)O)C(=O)O)OC[C@@H]2C[C@@H](O)[C@H](n3ccc(N)nc3=O)O2)[C@@H](COP(=O)(O)O)O[C@H]1n1cnc2c(=O)[nH]c(N)nc21. The molecule has 26 nitrogen and oxygen atoms in total. The van der Waals surface area contributed by atoms with Gasteiger partial charge in [-0.1, -0.05) is 0 Å². The first kappa shape index (κ1) is 41.0. The molecule has 11 N–H and O–H groups in total. The maximum Gasteiger partial charge on any atom is 0.469 e. The summed E-state index contributed by atoms with van der Waals surface area (Å²) in [5.74, 6) is -5.35. The molecule has 54 heavy (non-hydrogen) atoms. The summed E-state index contributed by atoms with van der Waals surface area (Å²) in [7, 11) is -8.65. The number of aromatic amines is 1. The molecule has 2 aliphatic heterocycles. The lowest BCUT2D eigenvalue weighted by Crippen LogP contribution is -2.39. The standard InChI is InChI=1S/C26H37N9O17P2/c1-47-18-17(14(9-49-54(44,45)46)51-22(18)35-10-29-16-19(35)32-25(28)33-20(16)37)52-53(43,30-5-2-3-12(23(38)39)24(40)41)48-8-11-7-13(36)21(50-11)34-6-4-15(27)31-26(34)42/h4,6,10-14,17-18,21-22,36H,2-3,5,7-9H2,1H3,(H,30,43)(H,38,39)(H,40,41)(H2,27,31,42)(H2,44,45,46)(H3,28,32,33,37)/t11-,13+,14+,17+,18+,21+,22+,53?/m0/s1. The average molecular weight is 810 g/mol. The van der Waals surface area contributed by atoms with E-state index < -0.39 is 107 Å². The van der Waals surface area contributed by atoms with Gasteiger partial charge in [0.15, 0.2) is 29.5 Å². The van der Waals surface area contributed by atoms with Crippen LogP contribution in [0.15, 0.2) is 28.2 Å². The van der Waals surface area contributed by atoms with Crippen molar-refractivity contribution in [2.45, 2.75) is 62.2 Å². The molecule has 5 heterocycles. The van der Waals surface area contributed by atoms with Crippen molar-refractivity contribution in [3.05, 3.63) is 39.4 Å². The van der Waals surface area contributed by atoms with Crippen molar-refractivity contribution in [3.63, 3.8) is 0 Å². The highest BCUT2D eigenvalue weighted by Crippen LogP contribution is 2.51. The monoisotopic (exact) mass is 809 g/mol. The van der Waals surface area contributed by atoms with Crippen molar-refractivity contribution in [2.75, 3.05) is 38.3 Å². The number of hydrogen-bond acceptors (Lipinski definition) is 18. The van der Waals surface area contributed by atoms with Crippen LogP contribution in [0, 0.1) is 5.92 Å². The summed E-state index contributed by atoms with van der Waals surface area (Å²) >= 11 is 0. The van der Waals surface area contributed by atoms with Gasteiger partial charge in [0, 0.05) is 26.3 Å². The van der Waals surface area contributed by atoms with Crippen molar-refractivity contribution in [1.82, 2.24) is 34.2 Å². The molecular formula is C26H37N9O17P2. The fourth-order valence-electron chi connectivity index (χ4n) is 5.78. The lowest BCUT2D eigenvalue weighted by atomic mass is 10.0. The van der Waals surface area contributed by atoms with Crippen molar-refractivity contribution in [1.29, 1.82) is 0 Å². The van der Waals surface area contributed by atoms with Crippen molar-refractivity contribution >= 4 is 50.4 Å². The molecule has 3 aromatic heterocycles. The number of H-pyrrole nitrogens is 1. The number of ether oxygens (including phenoxy) is 3. The first-order chi connectivity index (χ1) is 25.4. The molecule has 1 unspecified atom stereocenters. The van der Waals surface area contributed by atoms with Gasteiger partial charge in [0.05, 0.1) is 25.6 Å². The Kier molecular flexibility index (Phi) is 12.7. The molecule has 2 aliphatic rings. The second kappa shape index (κ2) is 16.7. The van der Waals surface area contributed by atoms with E-state index in [9.17, 15) is 53.4 Å². The summed E-state index contributed by atoms with van der Waals surface area (Å²) in [4.78, 5) is 80.5. The summed E-state index contributed by atoms with van der Waals surface area (Å²) in [5.41, 5.74) is 9.48. The molecule has 3 aromatic rings. The molecule has 0 bridgehead atoms. The Labute approximate surface area is 302 Å². The van der Waals surface area contributed by atoms with Gasteiger partial charge in [-0.3, -0.25) is 42.1 Å². The number of fused-ring (bicyclic) bond motifs is 1. The highest BCUT2D eigenvalue weighted by atomic mass is 31.2. The number of phosphoric ester groups is 1. The van der Waals surface area contributed by atoms with Crippen molar-refractivity contribution in [3.8, 4) is 0 Å². The summed E-state index contributed by atoms with van der Waals surface area (Å²) < 4.78 is 62.1. The Balaban J connectivity index is 1.42. The molecule has 28 heteroatoms. The predicted octanol–water partition coefficient (Wildman–Crippen LogP) is -2.12. The van der Waals surface area contributed by atoms with Gasteiger partial charge in [-0.2, -0.15) is 9.97 Å². The number of carboxylic acid groups (broad SMARTS) is 2. The Hall–Kier alpha value is -4.17. The number of carbonyl (C=O) groups is 2. The number of phosphoric acid groups is 1. The predicted molar refractivity (Wildman–Crippen MR) is 177 cm³/mol. The van der Waals surface area contributed by atoms with Crippen LogP contribution in [0.1, 0.15) is 31.7 Å². The fourth-order valence-corrected chi connectivity index (χ4v) is 7.72. The number of hydrogen-bond donors (Lipinski definition) is 9. The maximum atomic E-state index is 14.5. The normalized spacial score (nSPS) is 25.7. The number of anilines is 2. The molecule has 0 amide bonds. The zero-order valence-corrected chi connectivity index (χ0v) is 29.8. The first-order valence-electron chi connectivity index (χ1n) is 15.8. The Morgan fingerprint density at radius 3 is 2.44 bits per heavy atom. The van der Waals surface area contributed by atoms with E-state index in [2.05, 4.69) is 29.5 Å². The summed E-state index contributed by atoms with van der Waals surface area (Å²) in [6, 6.07) is 1.30. The molecule has 8 atom stereocenters. The van der Waals surface area contributed by atoms with Gasteiger partial charge in [-0.05, 0) is 18.9 Å². The number of aliphatic hydroxyl groups is 1. The van der Waals surface area contributed by atoms with Gasteiger partial charge in [0.1, 0.15) is 30.2 Å². The molecule has 298 valence electrons. The van der Waals surface area contributed by atoms with Crippen LogP contribution in [0.4, 0.5) is 11.8 Å². The number of methoxy groups -OCH3 is 1. The summed E-state index contributed by atoms with van der Waals surface area (Å²) in [6.45, 7) is -1.80. The van der Waals surface area contributed by atoms with E-state index in [0.29, 0.717) is 0 Å². The van der Waals surface area contributed by atoms with E-state index in [1.54, 1.807) is 0 Å². The number of rotatable bonds is 18. The number of nitrogen functional groups attached to an aromatic ring is 2. The minimum absolute atomic E-state index is 0.0712. The fraction of sp³-hybridized carbons (Fsp3) is 0.577. The third kappa shape index (κ3) is 9.55. The van der Waals surface area contributed by atoms with E-state index in [4.69, 9.17) is 34.7 Å². The van der Waals surface area contributed by atoms with Crippen molar-refractivity contribution < 1.29 is 71.6 Å². The Bertz CT molecular complexity index is 2040. The summed E-state index contributed by atoms with van der Waals surface area (Å²) in [5, 5.41) is 31.7. The number of nitrogens with two attached hydrogens (primary N) is 2. The van der Waals surface area contributed by atoms with E-state index >= 15 is 0 Å². The molecule has 0 radical (unpaired) electrons. The number of aromatic nitrogens is 6. The van der Waals surface area contributed by atoms with Crippen LogP contribution in [-0.4, -0.2) is 124 Å². The number of aliphatic carboxylic acids is 2. The number of nitrogens with zero attached hydrogens (tertiary/aromatic N) is 5. The zero-order chi connectivity index (χ0) is 39.5. The number of imidazole rings is 1. The van der Waals surface area contributed by atoms with E-state index in [0.717, 1.165) is 10.9 Å². The van der Waals surface area contributed by atoms with Gasteiger partial charge in [-0.15, -0.1) is 0 Å². The van der Waals surface area contributed by atoms with Gasteiger partial charge < -0.3 is 50.8 Å². The molecule has 5 rings (SSSR count). The Morgan fingerprint density at radius 2 is 1.80 bits per heavy atom. The van der Waals surface area contributed by atoms with Gasteiger partial charge in [-0.25, -0.2) is 24.0 Å². The van der Waals surface area contributed by atoms with E-state index in [1.807, 2.05) is 0 Å². The maximum absolute atomic E-state index is 14.5. The third-order valence-electron chi connectivity index (χ3n) is 8.24. The molecule has 2 fully saturated rings. The molecule has 0 aromatic carbocycles. The lowest BCUT2D eigenvalue weighted by molar-refractivity contribution is -0.154. The number of nitrogens with one attached hydrogen (secondary N) is 2. The van der Waals surface area contributed by atoms with E-state index in [1.165, 1.54) is 23.9 Å². The van der Waals surface area contributed by atoms with Crippen LogP contribution in [0.25, 0.3) is 11.2 Å². The molecule has 0 spiro atoms. The second-order valence-electron chi connectivity index (χ2n) is 12.0.